The molecular formula is C17H20N2O4S. The number of amides is 1. The third-order valence-electron chi connectivity index (χ3n) is 3.56. The normalized spacial score (nSPS) is 11.7. The monoisotopic (exact) mass is 348 g/mol. The smallest absolute Gasteiger partial charge is 0.310 e. The van der Waals surface area contributed by atoms with Crippen molar-refractivity contribution in [1.82, 2.24) is 9.88 Å². The molecule has 0 spiro atoms. The summed E-state index contributed by atoms with van der Waals surface area (Å²) in [5, 5.41) is 2.42. The van der Waals surface area contributed by atoms with Crippen LogP contribution < -0.4 is 4.74 Å². The van der Waals surface area contributed by atoms with E-state index >= 15 is 0 Å². The van der Waals surface area contributed by atoms with E-state index in [1.807, 2.05) is 24.3 Å². The predicted octanol–water partition coefficient (Wildman–Crippen LogP) is 2.70. The lowest BCUT2D eigenvalue weighted by molar-refractivity contribution is -0.145. The van der Waals surface area contributed by atoms with Crippen molar-refractivity contribution < 1.29 is 19.1 Å². The summed E-state index contributed by atoms with van der Waals surface area (Å²) >= 11 is 1.38. The molecule has 1 heterocycles. The molecule has 1 atom stereocenters. The van der Waals surface area contributed by atoms with Crippen LogP contribution in [0.2, 0.25) is 0 Å². The minimum Gasteiger partial charge on any atom is -0.496 e. The van der Waals surface area contributed by atoms with Gasteiger partial charge >= 0.3 is 5.97 Å². The predicted molar refractivity (Wildman–Crippen MR) is 92.2 cm³/mol. The molecule has 0 saturated heterocycles. The van der Waals surface area contributed by atoms with Crippen molar-refractivity contribution in [1.29, 1.82) is 0 Å². The molecule has 1 aromatic heterocycles. The lowest BCUT2D eigenvalue weighted by Gasteiger charge is -2.19. The number of benzene rings is 1. The molecule has 0 aliphatic heterocycles. The molecule has 24 heavy (non-hydrogen) atoms. The zero-order valence-corrected chi connectivity index (χ0v) is 14.9. The van der Waals surface area contributed by atoms with E-state index in [0.717, 1.165) is 5.56 Å². The summed E-state index contributed by atoms with van der Waals surface area (Å²) < 4.78 is 10.0. The fourth-order valence-corrected chi connectivity index (χ4v) is 3.11. The Labute approximate surface area is 145 Å². The van der Waals surface area contributed by atoms with Crippen molar-refractivity contribution >= 4 is 23.2 Å². The Balaban J connectivity index is 2.15. The summed E-state index contributed by atoms with van der Waals surface area (Å²) in [6.07, 6.45) is 0. The number of hydrogen-bond donors (Lipinski definition) is 0. The van der Waals surface area contributed by atoms with Crippen LogP contribution >= 0.6 is 11.3 Å². The highest BCUT2D eigenvalue weighted by molar-refractivity contribution is 7.13. The van der Waals surface area contributed by atoms with Gasteiger partial charge in [0.25, 0.3) is 5.91 Å². The molecular weight excluding hydrogens is 328 g/mol. The first kappa shape index (κ1) is 17.9. The molecule has 128 valence electrons. The van der Waals surface area contributed by atoms with Gasteiger partial charge in [0.15, 0.2) is 0 Å². The van der Waals surface area contributed by atoms with Crippen LogP contribution in [-0.4, -0.2) is 49.6 Å². The summed E-state index contributed by atoms with van der Waals surface area (Å²) in [7, 11) is 4.57. The number of thiazole rings is 1. The Morgan fingerprint density at radius 2 is 2.00 bits per heavy atom. The number of para-hydroxylation sites is 1. The average Bonchev–Trinajstić information content (AvgIpc) is 3.09. The Bertz CT molecular complexity index is 729. The van der Waals surface area contributed by atoms with E-state index in [2.05, 4.69) is 9.72 Å². The minimum absolute atomic E-state index is 0.233. The van der Waals surface area contributed by atoms with Crippen molar-refractivity contribution in [2.24, 2.45) is 5.92 Å². The number of hydrogen-bond acceptors (Lipinski definition) is 6. The maximum absolute atomic E-state index is 12.5. The highest BCUT2D eigenvalue weighted by Gasteiger charge is 2.22. The van der Waals surface area contributed by atoms with E-state index in [9.17, 15) is 9.59 Å². The number of aromatic nitrogens is 1. The lowest BCUT2D eigenvalue weighted by Crippen LogP contribution is -2.34. The molecule has 1 aromatic carbocycles. The Morgan fingerprint density at radius 1 is 1.29 bits per heavy atom. The van der Waals surface area contributed by atoms with Gasteiger partial charge in [-0.2, -0.15) is 0 Å². The Kier molecular flexibility index (Phi) is 5.92. The van der Waals surface area contributed by atoms with Gasteiger partial charge in [-0.15, -0.1) is 11.3 Å². The maximum Gasteiger partial charge on any atom is 0.310 e. The molecule has 7 heteroatoms. The zero-order valence-electron chi connectivity index (χ0n) is 14.1. The van der Waals surface area contributed by atoms with Crippen LogP contribution in [0.4, 0.5) is 0 Å². The molecule has 2 rings (SSSR count). The number of carbonyl (C=O) groups excluding carboxylic acids is 2. The lowest BCUT2D eigenvalue weighted by atomic mass is 10.1. The molecule has 6 nitrogen and oxygen atoms in total. The van der Waals surface area contributed by atoms with Crippen molar-refractivity contribution in [2.45, 2.75) is 6.92 Å². The second-order valence-electron chi connectivity index (χ2n) is 5.35. The third-order valence-corrected chi connectivity index (χ3v) is 4.43. The van der Waals surface area contributed by atoms with Crippen LogP contribution in [0.1, 0.15) is 17.4 Å². The highest BCUT2D eigenvalue weighted by atomic mass is 32.1. The van der Waals surface area contributed by atoms with E-state index in [-0.39, 0.29) is 18.4 Å². The molecule has 0 saturated carbocycles. The van der Waals surface area contributed by atoms with Gasteiger partial charge in [-0.1, -0.05) is 19.1 Å². The maximum atomic E-state index is 12.5. The van der Waals surface area contributed by atoms with Crippen LogP contribution in [0.25, 0.3) is 10.6 Å². The number of ether oxygens (including phenoxy) is 2. The van der Waals surface area contributed by atoms with E-state index < -0.39 is 5.92 Å². The summed E-state index contributed by atoms with van der Waals surface area (Å²) in [4.78, 5) is 29.8. The van der Waals surface area contributed by atoms with Crippen molar-refractivity contribution in [3.8, 4) is 16.3 Å². The van der Waals surface area contributed by atoms with Crippen LogP contribution in [-0.2, 0) is 9.53 Å². The largest absolute Gasteiger partial charge is 0.496 e. The van der Waals surface area contributed by atoms with Crippen molar-refractivity contribution in [3.05, 3.63) is 35.3 Å². The van der Waals surface area contributed by atoms with Gasteiger partial charge in [0.2, 0.25) is 0 Å². The van der Waals surface area contributed by atoms with Crippen LogP contribution in [0.15, 0.2) is 29.6 Å². The van der Waals surface area contributed by atoms with Gasteiger partial charge in [0.1, 0.15) is 16.5 Å². The fraction of sp³-hybridized carbons (Fsp3) is 0.353. The standard InChI is InChI=1S/C17H20N2O4S/c1-11(17(21)23-4)9-19(2)16(20)13-10-24-15(18-13)12-7-5-6-8-14(12)22-3/h5-8,10-11H,9H2,1-4H3/t11-/m0/s1. The summed E-state index contributed by atoms with van der Waals surface area (Å²) in [5.74, 6) is -0.263. The second kappa shape index (κ2) is 7.92. The van der Waals surface area contributed by atoms with Gasteiger partial charge in [-0.3, -0.25) is 9.59 Å². The fourth-order valence-electron chi connectivity index (χ4n) is 2.28. The van der Waals surface area contributed by atoms with Gasteiger partial charge in [-0.05, 0) is 12.1 Å². The molecule has 0 bridgehead atoms. The van der Waals surface area contributed by atoms with Gasteiger partial charge in [0, 0.05) is 19.0 Å². The third kappa shape index (κ3) is 3.91. The molecule has 0 fully saturated rings. The van der Waals surface area contributed by atoms with E-state index in [1.165, 1.54) is 23.3 Å². The molecule has 1 amide bonds. The van der Waals surface area contributed by atoms with Crippen molar-refractivity contribution in [2.75, 3.05) is 27.8 Å². The number of carbonyl (C=O) groups is 2. The first-order valence-electron chi connectivity index (χ1n) is 7.40. The number of esters is 1. The number of rotatable bonds is 6. The molecule has 2 aromatic rings. The Morgan fingerprint density at radius 3 is 2.67 bits per heavy atom. The summed E-state index contributed by atoms with van der Waals surface area (Å²) in [6, 6.07) is 7.52. The SMILES string of the molecule is COC(=O)[C@@H](C)CN(C)C(=O)c1csc(-c2ccccc2OC)n1. The second-order valence-corrected chi connectivity index (χ2v) is 6.21. The molecule has 0 N–H and O–H groups in total. The number of methoxy groups -OCH3 is 2. The topological polar surface area (TPSA) is 68.7 Å². The zero-order chi connectivity index (χ0) is 17.7. The van der Waals surface area contributed by atoms with Gasteiger partial charge in [0.05, 0.1) is 25.7 Å². The summed E-state index contributed by atoms with van der Waals surface area (Å²) in [6.45, 7) is 1.99. The average molecular weight is 348 g/mol. The van der Waals surface area contributed by atoms with E-state index in [1.54, 1.807) is 26.5 Å². The first-order chi connectivity index (χ1) is 11.5. The van der Waals surface area contributed by atoms with Gasteiger partial charge in [-0.25, -0.2) is 4.98 Å². The Hall–Kier alpha value is -2.41. The number of nitrogens with zero attached hydrogens (tertiary/aromatic N) is 2. The van der Waals surface area contributed by atoms with Gasteiger partial charge < -0.3 is 14.4 Å². The minimum atomic E-state index is -0.392. The van der Waals surface area contributed by atoms with Crippen LogP contribution in [0.5, 0.6) is 5.75 Å². The van der Waals surface area contributed by atoms with Crippen molar-refractivity contribution in [3.63, 3.8) is 0 Å². The first-order valence-corrected chi connectivity index (χ1v) is 8.28. The molecule has 0 aliphatic carbocycles. The molecule has 0 unspecified atom stereocenters. The molecule has 0 radical (unpaired) electrons. The van der Waals surface area contributed by atoms with E-state index in [0.29, 0.717) is 16.5 Å². The van der Waals surface area contributed by atoms with Crippen LogP contribution in [0, 0.1) is 5.92 Å². The highest BCUT2D eigenvalue weighted by Crippen LogP contribution is 2.32. The molecule has 0 aliphatic rings. The quantitative estimate of drug-likeness (QED) is 0.751. The van der Waals surface area contributed by atoms with E-state index in [4.69, 9.17) is 4.74 Å². The van der Waals surface area contributed by atoms with Crippen LogP contribution in [0.3, 0.4) is 0 Å². The summed E-state index contributed by atoms with van der Waals surface area (Å²) in [5.41, 5.74) is 1.19.